The molecular weight excluding hydrogens is 298 g/mol. The summed E-state index contributed by atoms with van der Waals surface area (Å²) >= 11 is 1.53. The number of benzene rings is 1. The second-order valence-electron chi connectivity index (χ2n) is 5.62. The Balaban J connectivity index is 1.78. The van der Waals surface area contributed by atoms with Crippen molar-refractivity contribution in [1.82, 2.24) is 9.80 Å². The summed E-state index contributed by atoms with van der Waals surface area (Å²) in [5.41, 5.74) is 6.51. The molecule has 6 heteroatoms. The lowest BCUT2D eigenvalue weighted by molar-refractivity contribution is 0.0767. The number of rotatable bonds is 1. The summed E-state index contributed by atoms with van der Waals surface area (Å²) in [6.07, 6.45) is 0.763. The van der Waals surface area contributed by atoms with Gasteiger partial charge in [0.2, 0.25) is 0 Å². The van der Waals surface area contributed by atoms with Crippen molar-refractivity contribution in [2.45, 2.75) is 13.3 Å². The fraction of sp³-hybridized carbons (Fsp3) is 0.375. The molecular formula is C16H19N3O2S. The average molecular weight is 317 g/mol. The molecule has 2 N–H and O–H groups in total. The third kappa shape index (κ3) is 2.92. The minimum Gasteiger partial charge on any atom is -0.351 e. The normalized spacial score (nSPS) is 15.9. The number of hydrogen-bond acceptors (Lipinski definition) is 3. The van der Waals surface area contributed by atoms with Crippen LogP contribution < -0.4 is 5.73 Å². The standard InChI is InChI=1S/C16H19N3O2S/c1-11-3-4-13-12(9-11)10-14(22-13)15(20)18-5-2-6-19(8-7-18)16(17)21/h3-4,9-10H,2,5-8H2,1H3,(H2,17,21). The molecule has 5 nitrogen and oxygen atoms in total. The lowest BCUT2D eigenvalue weighted by Crippen LogP contribution is -2.39. The molecule has 1 aliphatic rings. The van der Waals surface area contributed by atoms with E-state index in [4.69, 9.17) is 5.73 Å². The Morgan fingerprint density at radius 2 is 1.82 bits per heavy atom. The van der Waals surface area contributed by atoms with Crippen molar-refractivity contribution in [2.24, 2.45) is 5.73 Å². The molecule has 116 valence electrons. The van der Waals surface area contributed by atoms with E-state index >= 15 is 0 Å². The molecule has 2 aromatic rings. The van der Waals surface area contributed by atoms with Crippen molar-refractivity contribution < 1.29 is 9.59 Å². The lowest BCUT2D eigenvalue weighted by Gasteiger charge is -2.20. The van der Waals surface area contributed by atoms with E-state index in [1.54, 1.807) is 4.90 Å². The van der Waals surface area contributed by atoms with E-state index in [1.165, 1.54) is 16.9 Å². The molecule has 1 fully saturated rings. The average Bonchev–Trinajstić information content (AvgIpc) is 2.74. The number of fused-ring (bicyclic) bond motifs is 1. The Hall–Kier alpha value is -2.08. The van der Waals surface area contributed by atoms with E-state index in [-0.39, 0.29) is 5.91 Å². The van der Waals surface area contributed by atoms with E-state index in [0.717, 1.165) is 21.4 Å². The second kappa shape index (κ2) is 5.96. The molecule has 0 bridgehead atoms. The van der Waals surface area contributed by atoms with E-state index in [1.807, 2.05) is 17.9 Å². The van der Waals surface area contributed by atoms with E-state index < -0.39 is 6.03 Å². The maximum absolute atomic E-state index is 12.7. The zero-order valence-electron chi connectivity index (χ0n) is 12.5. The highest BCUT2D eigenvalue weighted by Crippen LogP contribution is 2.27. The summed E-state index contributed by atoms with van der Waals surface area (Å²) in [6, 6.07) is 7.77. The number of aryl methyl sites for hydroxylation is 1. The van der Waals surface area contributed by atoms with Gasteiger partial charge < -0.3 is 15.5 Å². The fourth-order valence-corrected chi connectivity index (χ4v) is 3.78. The number of urea groups is 1. The van der Waals surface area contributed by atoms with Crippen molar-refractivity contribution in [1.29, 1.82) is 0 Å². The van der Waals surface area contributed by atoms with E-state index in [0.29, 0.717) is 26.2 Å². The Kier molecular flexibility index (Phi) is 4.02. The van der Waals surface area contributed by atoms with Crippen LogP contribution in [0.2, 0.25) is 0 Å². The van der Waals surface area contributed by atoms with Crippen LogP contribution in [0.25, 0.3) is 10.1 Å². The summed E-state index contributed by atoms with van der Waals surface area (Å²) in [7, 11) is 0. The number of nitrogens with zero attached hydrogens (tertiary/aromatic N) is 2. The van der Waals surface area contributed by atoms with Gasteiger partial charge in [-0.1, -0.05) is 17.7 Å². The van der Waals surface area contributed by atoms with Gasteiger partial charge in [-0.25, -0.2) is 4.79 Å². The van der Waals surface area contributed by atoms with Crippen LogP contribution in [0.5, 0.6) is 0 Å². The van der Waals surface area contributed by atoms with Crippen LogP contribution >= 0.6 is 11.3 Å². The third-order valence-corrected chi connectivity index (χ3v) is 5.08. The maximum atomic E-state index is 12.7. The predicted molar refractivity (Wildman–Crippen MR) is 88.2 cm³/mol. The number of nitrogens with two attached hydrogens (primary N) is 1. The number of carbonyl (C=O) groups is 2. The van der Waals surface area contributed by atoms with Crippen LogP contribution in [-0.4, -0.2) is 47.9 Å². The molecule has 0 atom stereocenters. The monoisotopic (exact) mass is 317 g/mol. The molecule has 3 amide bonds. The first-order chi connectivity index (χ1) is 10.5. The Morgan fingerprint density at radius 1 is 1.09 bits per heavy atom. The van der Waals surface area contributed by atoms with Gasteiger partial charge in [0.15, 0.2) is 0 Å². The minimum absolute atomic E-state index is 0.0465. The molecule has 1 aromatic heterocycles. The number of hydrogen-bond donors (Lipinski definition) is 1. The molecule has 0 aliphatic carbocycles. The highest BCUT2D eigenvalue weighted by molar-refractivity contribution is 7.20. The van der Waals surface area contributed by atoms with E-state index in [9.17, 15) is 9.59 Å². The molecule has 0 saturated carbocycles. The van der Waals surface area contributed by atoms with Crippen molar-refractivity contribution in [3.8, 4) is 0 Å². The van der Waals surface area contributed by atoms with Crippen LogP contribution in [-0.2, 0) is 0 Å². The van der Waals surface area contributed by atoms with E-state index in [2.05, 4.69) is 18.2 Å². The number of amides is 3. The van der Waals surface area contributed by atoms with Gasteiger partial charge in [-0.3, -0.25) is 4.79 Å². The maximum Gasteiger partial charge on any atom is 0.314 e. The lowest BCUT2D eigenvalue weighted by atomic mass is 10.2. The van der Waals surface area contributed by atoms with Crippen LogP contribution in [0.3, 0.4) is 0 Å². The summed E-state index contributed by atoms with van der Waals surface area (Å²) in [5.74, 6) is 0.0465. The fourth-order valence-electron chi connectivity index (χ4n) is 2.76. The summed E-state index contributed by atoms with van der Waals surface area (Å²) in [5, 5.41) is 1.11. The van der Waals surface area contributed by atoms with Crippen molar-refractivity contribution in [3.05, 3.63) is 34.7 Å². The van der Waals surface area contributed by atoms with Gasteiger partial charge in [0.25, 0.3) is 5.91 Å². The molecule has 0 radical (unpaired) electrons. The van der Waals surface area contributed by atoms with Gasteiger partial charge in [-0.05, 0) is 30.9 Å². The quantitative estimate of drug-likeness (QED) is 0.878. The summed E-state index contributed by atoms with van der Waals surface area (Å²) in [4.78, 5) is 28.1. The molecule has 0 unspecified atom stereocenters. The van der Waals surface area contributed by atoms with Crippen LogP contribution in [0.1, 0.15) is 21.7 Å². The Bertz CT molecular complexity index is 725. The zero-order valence-corrected chi connectivity index (χ0v) is 13.4. The first-order valence-electron chi connectivity index (χ1n) is 7.38. The zero-order chi connectivity index (χ0) is 15.7. The first-order valence-corrected chi connectivity index (χ1v) is 8.20. The van der Waals surface area contributed by atoms with Crippen LogP contribution in [0, 0.1) is 6.92 Å². The molecule has 1 aliphatic heterocycles. The first kappa shape index (κ1) is 14.8. The van der Waals surface area contributed by atoms with Crippen molar-refractivity contribution in [3.63, 3.8) is 0 Å². The smallest absolute Gasteiger partial charge is 0.314 e. The Morgan fingerprint density at radius 3 is 2.59 bits per heavy atom. The molecule has 0 spiro atoms. The Labute approximate surface area is 133 Å². The van der Waals surface area contributed by atoms with Gasteiger partial charge in [-0.2, -0.15) is 0 Å². The molecule has 1 aromatic carbocycles. The highest BCUT2D eigenvalue weighted by Gasteiger charge is 2.22. The van der Waals surface area contributed by atoms with Crippen LogP contribution in [0.15, 0.2) is 24.3 Å². The largest absolute Gasteiger partial charge is 0.351 e. The van der Waals surface area contributed by atoms with Gasteiger partial charge in [0.1, 0.15) is 0 Å². The number of primary amides is 1. The second-order valence-corrected chi connectivity index (χ2v) is 6.71. The SMILES string of the molecule is Cc1ccc2sc(C(=O)N3CCCN(C(N)=O)CC3)cc2c1. The summed E-state index contributed by atoms with van der Waals surface area (Å²) < 4.78 is 1.13. The molecule has 22 heavy (non-hydrogen) atoms. The predicted octanol–water partition coefficient (Wildman–Crippen LogP) is 2.44. The van der Waals surface area contributed by atoms with Gasteiger partial charge in [-0.15, -0.1) is 11.3 Å². The van der Waals surface area contributed by atoms with Crippen LogP contribution in [0.4, 0.5) is 4.79 Å². The topological polar surface area (TPSA) is 66.6 Å². The highest BCUT2D eigenvalue weighted by atomic mass is 32.1. The van der Waals surface area contributed by atoms with Crippen molar-refractivity contribution >= 4 is 33.4 Å². The van der Waals surface area contributed by atoms with Gasteiger partial charge in [0, 0.05) is 30.9 Å². The number of carbonyl (C=O) groups excluding carboxylic acids is 2. The third-order valence-electron chi connectivity index (χ3n) is 3.98. The van der Waals surface area contributed by atoms with Gasteiger partial charge in [0.05, 0.1) is 4.88 Å². The summed E-state index contributed by atoms with van der Waals surface area (Å²) in [6.45, 7) is 4.37. The van der Waals surface area contributed by atoms with Crippen molar-refractivity contribution in [2.75, 3.05) is 26.2 Å². The molecule has 2 heterocycles. The minimum atomic E-state index is -0.411. The van der Waals surface area contributed by atoms with Gasteiger partial charge >= 0.3 is 6.03 Å². The number of thiophene rings is 1. The molecule has 1 saturated heterocycles. The molecule has 3 rings (SSSR count).